The summed E-state index contributed by atoms with van der Waals surface area (Å²) in [6, 6.07) is 9.62. The van der Waals surface area contributed by atoms with Crippen LogP contribution in [-0.2, 0) is 34.3 Å². The first-order chi connectivity index (χ1) is 17.5. The Kier molecular flexibility index (Phi) is 10.2. The number of fused-ring (bicyclic) bond motifs is 1. The molecule has 10 heteroatoms. The molecule has 2 aromatic carbocycles. The third-order valence-corrected chi connectivity index (χ3v) is 9.38. The van der Waals surface area contributed by atoms with Crippen molar-refractivity contribution in [1.29, 1.82) is 0 Å². The van der Waals surface area contributed by atoms with E-state index in [9.17, 15) is 13.2 Å². The molecule has 38 heavy (non-hydrogen) atoms. The van der Waals surface area contributed by atoms with Gasteiger partial charge in [-0.25, -0.2) is 9.78 Å². The molecular weight excluding hydrogens is 531 g/mol. The number of aliphatic carboxylic acids is 1. The molecule has 7 nitrogen and oxygen atoms in total. The summed E-state index contributed by atoms with van der Waals surface area (Å²) in [7, 11) is -3.87. The maximum atomic E-state index is 13.8. The number of anilines is 1. The van der Waals surface area contributed by atoms with E-state index in [0.717, 1.165) is 58.9 Å². The van der Waals surface area contributed by atoms with Gasteiger partial charge in [-0.2, -0.15) is 8.42 Å². The molecule has 197 valence electrons. The van der Waals surface area contributed by atoms with E-state index >= 15 is 0 Å². The Hall–Kier alpha value is -2.17. The van der Waals surface area contributed by atoms with Gasteiger partial charge in [-0.1, -0.05) is 32.0 Å². The number of aryl methyl sites for hydroxylation is 4. The van der Waals surface area contributed by atoms with Crippen LogP contribution in [-0.4, -0.2) is 60.6 Å². The number of carboxylic acids is 1. The van der Waals surface area contributed by atoms with Crippen LogP contribution < -0.4 is 9.04 Å². The third kappa shape index (κ3) is 7.07. The Morgan fingerprint density at radius 2 is 1.89 bits per heavy atom. The molecule has 0 fully saturated rings. The first-order valence-electron chi connectivity index (χ1n) is 12.3. The number of thiazole rings is 1. The minimum atomic E-state index is -3.87. The summed E-state index contributed by atoms with van der Waals surface area (Å²) in [5.41, 5.74) is 6.25. The predicted octanol–water partition coefficient (Wildman–Crippen LogP) is 5.40. The number of nitrogens with zero attached hydrogens (tertiary/aromatic N) is 2. The zero-order valence-electron chi connectivity index (χ0n) is 22.5. The topological polar surface area (TPSA) is 96.8 Å². The van der Waals surface area contributed by atoms with Gasteiger partial charge in [0.2, 0.25) is 4.34 Å². The van der Waals surface area contributed by atoms with E-state index in [1.807, 2.05) is 51.1 Å². The number of benzene rings is 2. The van der Waals surface area contributed by atoms with Gasteiger partial charge in [0.15, 0.2) is 0 Å². The summed E-state index contributed by atoms with van der Waals surface area (Å²) in [6.45, 7) is 8.28. The van der Waals surface area contributed by atoms with Crippen LogP contribution >= 0.6 is 11.3 Å². The molecule has 1 aromatic heterocycles. The van der Waals surface area contributed by atoms with Gasteiger partial charge in [-0.15, -0.1) is 11.3 Å². The Morgan fingerprint density at radius 1 is 1.18 bits per heavy atom. The van der Waals surface area contributed by atoms with E-state index in [1.165, 1.54) is 9.87 Å². The van der Waals surface area contributed by atoms with Gasteiger partial charge in [0.25, 0.3) is 10.0 Å². The summed E-state index contributed by atoms with van der Waals surface area (Å²) < 4.78 is 35.4. The average molecular weight is 564 g/mol. The molecule has 1 radical (unpaired) electrons. The second kappa shape index (κ2) is 12.8. The van der Waals surface area contributed by atoms with E-state index in [1.54, 1.807) is 18.4 Å². The van der Waals surface area contributed by atoms with E-state index in [0.29, 0.717) is 23.7 Å². The van der Waals surface area contributed by atoms with Crippen molar-refractivity contribution in [3.05, 3.63) is 75.3 Å². The number of ether oxygens (including phenoxy) is 1. The summed E-state index contributed by atoms with van der Waals surface area (Å²) in [4.78, 5) is 15.1. The molecule has 0 unspecified atom stereocenters. The predicted molar refractivity (Wildman–Crippen MR) is 153 cm³/mol. The van der Waals surface area contributed by atoms with Gasteiger partial charge in [-0.3, -0.25) is 4.31 Å². The van der Waals surface area contributed by atoms with Crippen molar-refractivity contribution in [3.8, 4) is 5.75 Å². The Labute approximate surface area is 250 Å². The molecule has 1 aliphatic carbocycles. The summed E-state index contributed by atoms with van der Waals surface area (Å²) in [5, 5.41) is 10.6. The maximum Gasteiger partial charge on any atom is 0.328 e. The normalized spacial score (nSPS) is 13.0. The molecule has 0 amide bonds. The van der Waals surface area contributed by atoms with Gasteiger partial charge in [0.05, 0.1) is 5.69 Å². The van der Waals surface area contributed by atoms with E-state index in [2.05, 4.69) is 4.98 Å². The van der Waals surface area contributed by atoms with E-state index < -0.39 is 16.0 Å². The van der Waals surface area contributed by atoms with Crippen LogP contribution in [0, 0.1) is 19.8 Å². The van der Waals surface area contributed by atoms with Gasteiger partial charge < -0.3 is 9.84 Å². The summed E-state index contributed by atoms with van der Waals surface area (Å²) in [6.07, 6.45) is 5.55. The Balaban J connectivity index is 0.00000400. The van der Waals surface area contributed by atoms with Crippen molar-refractivity contribution in [2.75, 3.05) is 10.8 Å². The maximum absolute atomic E-state index is 13.8. The molecule has 0 saturated carbocycles. The zero-order chi connectivity index (χ0) is 26.7. The number of aromatic nitrogens is 1. The number of rotatable bonds is 10. The SMILES string of the molecule is Cc1csc(S(=O)(=O)N(CC(C)C)c2cc3c(cc2OCc2ccc(C=CC(=O)O)cc2C)CCC3)n1.[Na]. The van der Waals surface area contributed by atoms with Crippen molar-refractivity contribution in [3.63, 3.8) is 0 Å². The number of carboxylic acid groups (broad SMARTS) is 1. The van der Waals surface area contributed by atoms with Crippen LogP contribution in [0.4, 0.5) is 5.69 Å². The zero-order valence-corrected chi connectivity index (χ0v) is 26.2. The standard InChI is InChI=1S/C28H32N2O5S2.Na/c1-18(2)15-30(37(33,34)28-29-20(4)17-36-28)25-13-22-6-5-7-23(22)14-26(25)35-16-24-10-8-21(12-19(24)3)9-11-27(31)32;/h8-14,17-18H,5-7,15-16H2,1-4H3,(H,31,32);. The molecule has 1 heterocycles. The quantitative estimate of drug-likeness (QED) is 0.262. The largest absolute Gasteiger partial charge is 0.487 e. The van der Waals surface area contributed by atoms with E-state index in [-0.39, 0.29) is 46.4 Å². The van der Waals surface area contributed by atoms with Crippen molar-refractivity contribution >= 4 is 68.7 Å². The molecule has 0 atom stereocenters. The van der Waals surface area contributed by atoms with Gasteiger partial charge >= 0.3 is 5.97 Å². The third-order valence-electron chi connectivity index (χ3n) is 6.25. The summed E-state index contributed by atoms with van der Waals surface area (Å²) in [5.74, 6) is -0.374. The minimum Gasteiger partial charge on any atom is -0.487 e. The number of hydrogen-bond donors (Lipinski definition) is 1. The van der Waals surface area contributed by atoms with Crippen molar-refractivity contribution in [2.45, 2.75) is 57.9 Å². The molecule has 3 aromatic rings. The average Bonchev–Trinajstić information content (AvgIpc) is 3.48. The van der Waals surface area contributed by atoms with Crippen LogP contribution in [0.15, 0.2) is 46.1 Å². The minimum absolute atomic E-state index is 0. The molecule has 0 saturated heterocycles. The van der Waals surface area contributed by atoms with Gasteiger partial charge in [-0.05, 0) is 85.1 Å². The Morgan fingerprint density at radius 3 is 2.50 bits per heavy atom. The van der Waals surface area contributed by atoms with Gasteiger partial charge in [0.1, 0.15) is 12.4 Å². The number of sulfonamides is 1. The Bertz CT molecular complexity index is 1450. The second-order valence-electron chi connectivity index (χ2n) is 9.77. The fraction of sp³-hybridized carbons (Fsp3) is 0.357. The fourth-order valence-electron chi connectivity index (χ4n) is 4.41. The van der Waals surface area contributed by atoms with Crippen LogP contribution in [0.5, 0.6) is 5.75 Å². The molecule has 0 aliphatic heterocycles. The van der Waals surface area contributed by atoms with Crippen LogP contribution in [0.3, 0.4) is 0 Å². The molecule has 4 rings (SSSR count). The smallest absolute Gasteiger partial charge is 0.328 e. The van der Waals surface area contributed by atoms with Crippen molar-refractivity contribution < 1.29 is 23.1 Å². The molecule has 0 bridgehead atoms. The van der Waals surface area contributed by atoms with Crippen molar-refractivity contribution in [1.82, 2.24) is 4.98 Å². The first-order valence-corrected chi connectivity index (χ1v) is 14.6. The van der Waals surface area contributed by atoms with Gasteiger partial charge in [0, 0.05) is 53.3 Å². The molecule has 1 aliphatic rings. The summed E-state index contributed by atoms with van der Waals surface area (Å²) >= 11 is 1.13. The van der Waals surface area contributed by atoms with Crippen LogP contribution in [0.2, 0.25) is 0 Å². The molecular formula is C28H32N2NaO5S2. The number of carbonyl (C=O) groups is 1. The first kappa shape index (κ1) is 30.4. The molecule has 0 spiro atoms. The second-order valence-corrected chi connectivity index (χ2v) is 12.7. The van der Waals surface area contributed by atoms with Crippen LogP contribution in [0.1, 0.15) is 53.8 Å². The van der Waals surface area contributed by atoms with Crippen LogP contribution in [0.25, 0.3) is 6.08 Å². The molecule has 1 N–H and O–H groups in total. The van der Waals surface area contributed by atoms with E-state index in [4.69, 9.17) is 9.84 Å². The van der Waals surface area contributed by atoms with Crippen molar-refractivity contribution in [2.24, 2.45) is 5.92 Å². The fourth-order valence-corrected chi connectivity index (χ4v) is 7.17. The number of hydrogen-bond acceptors (Lipinski definition) is 6. The monoisotopic (exact) mass is 563 g/mol.